The fraction of sp³-hybridized carbons (Fsp3) is 0.0909. The van der Waals surface area contributed by atoms with Gasteiger partial charge in [-0.3, -0.25) is 19.0 Å². The summed E-state index contributed by atoms with van der Waals surface area (Å²) in [4.78, 5) is 42.0. The lowest BCUT2D eigenvalue weighted by Crippen LogP contribution is -2.28. The molecule has 4 rings (SSSR count). The predicted molar refractivity (Wildman–Crippen MR) is 118 cm³/mol. The predicted octanol–water partition coefficient (Wildman–Crippen LogP) is 3.66. The summed E-state index contributed by atoms with van der Waals surface area (Å²) in [5.41, 5.74) is 2.47. The Balaban J connectivity index is 1.42. The molecule has 0 aliphatic carbocycles. The third-order valence-electron chi connectivity index (χ3n) is 4.54. The number of nitrogens with zero attached hydrogens (tertiary/aromatic N) is 2. The van der Waals surface area contributed by atoms with Crippen LogP contribution in [0, 0.1) is 6.92 Å². The van der Waals surface area contributed by atoms with E-state index in [2.05, 4.69) is 15.6 Å². The third-order valence-corrected chi connectivity index (χ3v) is 5.41. The van der Waals surface area contributed by atoms with Crippen molar-refractivity contribution in [3.8, 4) is 0 Å². The summed E-state index contributed by atoms with van der Waals surface area (Å²) >= 11 is 1.36. The SMILES string of the molecule is Cc1cccc2c(=O)n(CC(=O)Nc3ccc(NC(=O)c4cccs4)cc3)cnc12. The van der Waals surface area contributed by atoms with Crippen molar-refractivity contribution >= 4 is 45.4 Å². The molecule has 0 spiro atoms. The van der Waals surface area contributed by atoms with Gasteiger partial charge in [0.2, 0.25) is 5.91 Å². The van der Waals surface area contributed by atoms with E-state index in [9.17, 15) is 14.4 Å². The van der Waals surface area contributed by atoms with Gasteiger partial charge < -0.3 is 10.6 Å². The first-order valence-electron chi connectivity index (χ1n) is 9.21. The maximum Gasteiger partial charge on any atom is 0.265 e. The summed E-state index contributed by atoms with van der Waals surface area (Å²) in [6.45, 7) is 1.74. The number of benzene rings is 2. The fourth-order valence-corrected chi connectivity index (χ4v) is 3.66. The number of nitrogens with one attached hydrogen (secondary N) is 2. The van der Waals surface area contributed by atoms with Gasteiger partial charge in [0.1, 0.15) is 6.54 Å². The van der Waals surface area contributed by atoms with E-state index < -0.39 is 0 Å². The topological polar surface area (TPSA) is 93.1 Å². The summed E-state index contributed by atoms with van der Waals surface area (Å²) in [5.74, 6) is -0.526. The highest BCUT2D eigenvalue weighted by molar-refractivity contribution is 7.12. The smallest absolute Gasteiger partial charge is 0.265 e. The molecule has 2 aromatic heterocycles. The summed E-state index contributed by atoms with van der Waals surface area (Å²) in [7, 11) is 0. The normalized spacial score (nSPS) is 10.7. The minimum Gasteiger partial charge on any atom is -0.325 e. The number of para-hydroxylation sites is 1. The van der Waals surface area contributed by atoms with E-state index in [0.29, 0.717) is 27.2 Å². The molecule has 0 aliphatic heterocycles. The molecule has 7 nitrogen and oxygen atoms in total. The van der Waals surface area contributed by atoms with Crippen LogP contribution in [0.4, 0.5) is 11.4 Å². The number of fused-ring (bicyclic) bond motifs is 1. The van der Waals surface area contributed by atoms with E-state index in [4.69, 9.17) is 0 Å². The molecular formula is C22H18N4O3S. The van der Waals surface area contributed by atoms with Crippen molar-refractivity contribution in [3.63, 3.8) is 0 Å². The van der Waals surface area contributed by atoms with Crippen molar-refractivity contribution in [1.82, 2.24) is 9.55 Å². The lowest BCUT2D eigenvalue weighted by atomic mass is 10.1. The van der Waals surface area contributed by atoms with Crippen molar-refractivity contribution < 1.29 is 9.59 Å². The van der Waals surface area contributed by atoms with Crippen LogP contribution in [0.15, 0.2) is 71.1 Å². The van der Waals surface area contributed by atoms with Crippen LogP contribution in [-0.4, -0.2) is 21.4 Å². The second-order valence-electron chi connectivity index (χ2n) is 6.71. The van der Waals surface area contributed by atoms with Crippen LogP contribution in [0.5, 0.6) is 0 Å². The third kappa shape index (κ3) is 4.13. The van der Waals surface area contributed by atoms with E-state index in [1.807, 2.05) is 24.4 Å². The number of thiophene rings is 1. The average Bonchev–Trinajstić information content (AvgIpc) is 3.27. The van der Waals surface area contributed by atoms with Gasteiger partial charge >= 0.3 is 0 Å². The molecule has 0 unspecified atom stereocenters. The Hall–Kier alpha value is -3.78. The van der Waals surface area contributed by atoms with Gasteiger partial charge in [-0.2, -0.15) is 0 Å². The van der Waals surface area contributed by atoms with Gasteiger partial charge in [-0.1, -0.05) is 18.2 Å². The Bertz CT molecular complexity index is 1280. The number of rotatable bonds is 5. The molecule has 0 aliphatic rings. The van der Waals surface area contributed by atoms with Crippen molar-refractivity contribution in [3.05, 3.63) is 87.1 Å². The first kappa shape index (κ1) is 19.5. The minimum absolute atomic E-state index is 0.146. The molecule has 0 atom stereocenters. The van der Waals surface area contributed by atoms with Crippen LogP contribution in [0.1, 0.15) is 15.2 Å². The summed E-state index contributed by atoms with van der Waals surface area (Å²) in [6, 6.07) is 15.7. The maximum atomic E-state index is 12.6. The van der Waals surface area contributed by atoms with Crippen molar-refractivity contribution in [2.75, 3.05) is 10.6 Å². The number of aromatic nitrogens is 2. The first-order valence-corrected chi connectivity index (χ1v) is 10.1. The molecule has 30 heavy (non-hydrogen) atoms. The van der Waals surface area contributed by atoms with Crippen LogP contribution in [0.2, 0.25) is 0 Å². The molecule has 4 aromatic rings. The molecule has 0 fully saturated rings. The van der Waals surface area contributed by atoms with Crippen molar-refractivity contribution in [1.29, 1.82) is 0 Å². The molecule has 2 aromatic carbocycles. The highest BCUT2D eigenvalue weighted by Crippen LogP contribution is 2.16. The molecule has 150 valence electrons. The highest BCUT2D eigenvalue weighted by Gasteiger charge is 2.10. The molecule has 2 heterocycles. The van der Waals surface area contributed by atoms with Gasteiger partial charge in [0.25, 0.3) is 11.5 Å². The summed E-state index contributed by atoms with van der Waals surface area (Å²) < 4.78 is 1.28. The number of hydrogen-bond donors (Lipinski definition) is 2. The fourth-order valence-electron chi connectivity index (χ4n) is 3.04. The molecule has 0 radical (unpaired) electrons. The number of amides is 2. The van der Waals surface area contributed by atoms with Crippen LogP contribution in [0.3, 0.4) is 0 Å². The largest absolute Gasteiger partial charge is 0.325 e. The van der Waals surface area contributed by atoms with Crippen molar-refractivity contribution in [2.45, 2.75) is 13.5 Å². The molecule has 8 heteroatoms. The molecule has 2 amide bonds. The van der Waals surface area contributed by atoms with Gasteiger partial charge in [-0.15, -0.1) is 11.3 Å². The van der Waals surface area contributed by atoms with Crippen molar-refractivity contribution in [2.24, 2.45) is 0 Å². The Morgan fingerprint density at radius 1 is 1.00 bits per heavy atom. The molecule has 0 saturated heterocycles. The standard InChI is InChI=1S/C22H18N4O3S/c1-14-4-2-5-17-20(14)23-13-26(22(17)29)12-19(27)24-15-7-9-16(10-8-15)25-21(28)18-6-3-11-30-18/h2-11,13H,12H2,1H3,(H,24,27)(H,25,28). The Kier molecular flexibility index (Phi) is 5.40. The van der Waals surface area contributed by atoms with Gasteiger partial charge in [0.15, 0.2) is 0 Å². The van der Waals surface area contributed by atoms with Crippen LogP contribution in [-0.2, 0) is 11.3 Å². The first-order chi connectivity index (χ1) is 14.5. The van der Waals surface area contributed by atoms with E-state index in [-0.39, 0.29) is 23.9 Å². The van der Waals surface area contributed by atoms with Gasteiger partial charge in [-0.25, -0.2) is 4.98 Å². The number of aryl methyl sites for hydroxylation is 1. The number of hydrogen-bond acceptors (Lipinski definition) is 5. The maximum absolute atomic E-state index is 12.6. The zero-order chi connectivity index (χ0) is 21.1. The zero-order valence-electron chi connectivity index (χ0n) is 16.1. The second kappa shape index (κ2) is 8.30. The molecule has 0 bridgehead atoms. The summed E-state index contributed by atoms with van der Waals surface area (Å²) in [5, 5.41) is 7.87. The van der Waals surface area contributed by atoms with Gasteiger partial charge in [0.05, 0.1) is 22.1 Å². The summed E-state index contributed by atoms with van der Waals surface area (Å²) in [6.07, 6.45) is 1.39. The number of carbonyl (C=O) groups is 2. The highest BCUT2D eigenvalue weighted by atomic mass is 32.1. The monoisotopic (exact) mass is 418 g/mol. The van der Waals surface area contributed by atoms with Crippen LogP contribution >= 0.6 is 11.3 Å². The average molecular weight is 418 g/mol. The van der Waals surface area contributed by atoms with Gasteiger partial charge in [0, 0.05) is 11.4 Å². The molecular weight excluding hydrogens is 400 g/mol. The van der Waals surface area contributed by atoms with E-state index in [0.717, 1.165) is 5.56 Å². The Morgan fingerprint density at radius 2 is 1.73 bits per heavy atom. The van der Waals surface area contributed by atoms with E-state index in [1.54, 1.807) is 42.5 Å². The number of anilines is 2. The van der Waals surface area contributed by atoms with Crippen LogP contribution in [0.25, 0.3) is 10.9 Å². The zero-order valence-corrected chi connectivity index (χ0v) is 16.9. The Morgan fingerprint density at radius 3 is 2.43 bits per heavy atom. The molecule has 2 N–H and O–H groups in total. The molecule has 0 saturated carbocycles. The van der Waals surface area contributed by atoms with Gasteiger partial charge in [-0.05, 0) is 54.3 Å². The Labute approximate surface area is 176 Å². The lowest BCUT2D eigenvalue weighted by Gasteiger charge is -2.10. The minimum atomic E-state index is -0.346. The van der Waals surface area contributed by atoms with E-state index >= 15 is 0 Å². The second-order valence-corrected chi connectivity index (χ2v) is 7.65. The van der Waals surface area contributed by atoms with E-state index in [1.165, 1.54) is 22.2 Å². The quantitative estimate of drug-likeness (QED) is 0.517. The number of carbonyl (C=O) groups excluding carboxylic acids is 2. The lowest BCUT2D eigenvalue weighted by molar-refractivity contribution is -0.116. The van der Waals surface area contributed by atoms with Crippen LogP contribution < -0.4 is 16.2 Å².